The van der Waals surface area contributed by atoms with Crippen molar-refractivity contribution in [3.8, 4) is 0 Å². The molecule has 16 heavy (non-hydrogen) atoms. The molecule has 0 atom stereocenters. The van der Waals surface area contributed by atoms with Gasteiger partial charge in [-0.2, -0.15) is 0 Å². The molecule has 0 saturated heterocycles. The van der Waals surface area contributed by atoms with E-state index in [0.29, 0.717) is 11.0 Å². The van der Waals surface area contributed by atoms with Gasteiger partial charge in [0.15, 0.2) is 0 Å². The number of hydrogen-bond acceptors (Lipinski definition) is 3. The van der Waals surface area contributed by atoms with Crippen molar-refractivity contribution in [3.05, 3.63) is 39.4 Å². The Bertz CT molecular complexity index is 758. The SMILES string of the molecule is Nn1cnc2c([nH]c3ccc(Br)cc32)c1=O. The second-order valence-electron chi connectivity index (χ2n) is 3.50. The van der Waals surface area contributed by atoms with Crippen LogP contribution < -0.4 is 11.4 Å². The number of halogens is 1. The molecule has 2 heterocycles. The van der Waals surface area contributed by atoms with Crippen LogP contribution in [0.15, 0.2) is 33.8 Å². The maximum Gasteiger partial charge on any atom is 0.295 e. The zero-order valence-corrected chi connectivity index (χ0v) is 9.65. The first kappa shape index (κ1) is 9.41. The van der Waals surface area contributed by atoms with Gasteiger partial charge in [0.1, 0.15) is 17.4 Å². The van der Waals surface area contributed by atoms with Crippen LogP contribution in [0.3, 0.4) is 0 Å². The lowest BCUT2D eigenvalue weighted by atomic mass is 10.2. The number of nitrogens with two attached hydrogens (primary N) is 1. The zero-order chi connectivity index (χ0) is 11.3. The Kier molecular flexibility index (Phi) is 1.81. The Morgan fingerprint density at radius 3 is 3.06 bits per heavy atom. The lowest BCUT2D eigenvalue weighted by Gasteiger charge is -1.95. The lowest BCUT2D eigenvalue weighted by molar-refractivity contribution is 0.911. The van der Waals surface area contributed by atoms with E-state index in [9.17, 15) is 4.79 Å². The largest absolute Gasteiger partial charge is 0.349 e. The number of H-pyrrole nitrogens is 1. The quantitative estimate of drug-likeness (QED) is 0.610. The molecule has 80 valence electrons. The van der Waals surface area contributed by atoms with Crippen molar-refractivity contribution in [2.45, 2.75) is 0 Å². The summed E-state index contributed by atoms with van der Waals surface area (Å²) < 4.78 is 1.91. The number of nitrogen functional groups attached to an aromatic ring is 1. The number of hydrogen-bond donors (Lipinski definition) is 2. The third-order valence-corrected chi connectivity index (χ3v) is 2.99. The molecule has 3 aromatic rings. The molecule has 0 radical (unpaired) electrons. The molecule has 0 bridgehead atoms. The van der Waals surface area contributed by atoms with Crippen LogP contribution in [0.5, 0.6) is 0 Å². The van der Waals surface area contributed by atoms with Gasteiger partial charge >= 0.3 is 0 Å². The molecule has 0 aliphatic rings. The molecule has 0 fully saturated rings. The van der Waals surface area contributed by atoms with Crippen LogP contribution in [0.25, 0.3) is 21.9 Å². The number of rotatable bonds is 0. The van der Waals surface area contributed by atoms with Crippen LogP contribution in [-0.2, 0) is 0 Å². The van der Waals surface area contributed by atoms with Crippen molar-refractivity contribution in [2.24, 2.45) is 0 Å². The van der Waals surface area contributed by atoms with Crippen molar-refractivity contribution >= 4 is 37.9 Å². The number of benzene rings is 1. The predicted molar refractivity (Wildman–Crippen MR) is 65.7 cm³/mol. The van der Waals surface area contributed by atoms with Crippen LogP contribution in [0.2, 0.25) is 0 Å². The monoisotopic (exact) mass is 278 g/mol. The third-order valence-electron chi connectivity index (χ3n) is 2.49. The highest BCUT2D eigenvalue weighted by Crippen LogP contribution is 2.24. The van der Waals surface area contributed by atoms with Crippen molar-refractivity contribution in [1.29, 1.82) is 0 Å². The van der Waals surface area contributed by atoms with Crippen molar-refractivity contribution in [3.63, 3.8) is 0 Å². The molecular formula is C10H7BrN4O. The molecule has 0 unspecified atom stereocenters. The van der Waals surface area contributed by atoms with E-state index < -0.39 is 0 Å². The Morgan fingerprint density at radius 2 is 2.25 bits per heavy atom. The van der Waals surface area contributed by atoms with Gasteiger partial charge in [-0.15, -0.1) is 0 Å². The summed E-state index contributed by atoms with van der Waals surface area (Å²) in [6.45, 7) is 0. The van der Waals surface area contributed by atoms with Crippen molar-refractivity contribution < 1.29 is 0 Å². The van der Waals surface area contributed by atoms with Gasteiger partial charge < -0.3 is 10.8 Å². The second-order valence-corrected chi connectivity index (χ2v) is 4.41. The summed E-state index contributed by atoms with van der Waals surface area (Å²) >= 11 is 3.39. The minimum absolute atomic E-state index is 0.280. The fourth-order valence-corrected chi connectivity index (χ4v) is 2.10. The standard InChI is InChI=1S/C10H7BrN4O/c11-5-1-2-7-6(3-5)8-9(14-7)10(16)15(12)4-13-8/h1-4,14H,12H2. The van der Waals surface area contributed by atoms with E-state index in [4.69, 9.17) is 5.84 Å². The van der Waals surface area contributed by atoms with Crippen LogP contribution in [-0.4, -0.2) is 14.6 Å². The van der Waals surface area contributed by atoms with Gasteiger partial charge in [0.05, 0.1) is 0 Å². The molecule has 1 aromatic carbocycles. The summed E-state index contributed by atoms with van der Waals surface area (Å²) in [5, 5.41) is 0.905. The molecule has 5 nitrogen and oxygen atoms in total. The van der Waals surface area contributed by atoms with E-state index in [-0.39, 0.29) is 5.56 Å². The summed E-state index contributed by atoms with van der Waals surface area (Å²) in [7, 11) is 0. The maximum absolute atomic E-state index is 11.7. The zero-order valence-electron chi connectivity index (χ0n) is 8.07. The second kappa shape index (κ2) is 3.08. The minimum Gasteiger partial charge on any atom is -0.349 e. The van der Waals surface area contributed by atoms with Gasteiger partial charge in [0, 0.05) is 15.4 Å². The van der Waals surface area contributed by atoms with Gasteiger partial charge in [-0.05, 0) is 18.2 Å². The highest BCUT2D eigenvalue weighted by atomic mass is 79.9. The summed E-state index contributed by atoms with van der Waals surface area (Å²) in [4.78, 5) is 18.9. The number of nitrogens with one attached hydrogen (secondary N) is 1. The van der Waals surface area contributed by atoms with Gasteiger partial charge in [-0.25, -0.2) is 9.66 Å². The van der Waals surface area contributed by atoms with Crippen LogP contribution in [0, 0.1) is 0 Å². The Morgan fingerprint density at radius 1 is 1.44 bits per heavy atom. The summed E-state index contributed by atoms with van der Waals surface area (Å²) in [6, 6.07) is 5.71. The summed E-state index contributed by atoms with van der Waals surface area (Å²) in [5.74, 6) is 5.45. The van der Waals surface area contributed by atoms with E-state index in [1.165, 1.54) is 6.33 Å². The molecule has 0 aliphatic carbocycles. The Balaban J connectivity index is 2.61. The first-order chi connectivity index (χ1) is 7.66. The average molecular weight is 279 g/mol. The maximum atomic E-state index is 11.7. The number of fused-ring (bicyclic) bond motifs is 3. The third kappa shape index (κ3) is 1.16. The average Bonchev–Trinajstić information content (AvgIpc) is 2.62. The summed E-state index contributed by atoms with van der Waals surface area (Å²) in [5.41, 5.74) is 1.66. The first-order valence-electron chi connectivity index (χ1n) is 4.60. The Labute approximate surface area is 98.0 Å². The smallest absolute Gasteiger partial charge is 0.295 e. The number of nitrogens with zero attached hydrogens (tertiary/aromatic N) is 2. The predicted octanol–water partition coefficient (Wildman–Crippen LogP) is 1.35. The van der Waals surface area contributed by atoms with E-state index in [2.05, 4.69) is 25.9 Å². The van der Waals surface area contributed by atoms with Crippen molar-refractivity contribution in [2.75, 3.05) is 5.84 Å². The summed E-state index contributed by atoms with van der Waals surface area (Å²) in [6.07, 6.45) is 1.32. The Hall–Kier alpha value is -1.82. The van der Waals surface area contributed by atoms with Gasteiger partial charge in [0.2, 0.25) is 0 Å². The highest BCUT2D eigenvalue weighted by Gasteiger charge is 2.09. The van der Waals surface area contributed by atoms with Crippen LogP contribution in [0.4, 0.5) is 0 Å². The molecule has 0 saturated carbocycles. The fourth-order valence-electron chi connectivity index (χ4n) is 1.74. The van der Waals surface area contributed by atoms with Crippen molar-refractivity contribution in [1.82, 2.24) is 14.6 Å². The molecule has 0 amide bonds. The minimum atomic E-state index is -0.280. The number of aromatic nitrogens is 3. The molecule has 6 heteroatoms. The van der Waals surface area contributed by atoms with E-state index in [1.54, 1.807) is 0 Å². The highest BCUT2D eigenvalue weighted by molar-refractivity contribution is 9.10. The van der Waals surface area contributed by atoms with E-state index in [0.717, 1.165) is 20.1 Å². The normalized spacial score (nSPS) is 11.3. The topological polar surface area (TPSA) is 76.7 Å². The number of aromatic amines is 1. The first-order valence-corrected chi connectivity index (χ1v) is 5.40. The van der Waals surface area contributed by atoms with Crippen LogP contribution in [0.1, 0.15) is 0 Å². The van der Waals surface area contributed by atoms with E-state index >= 15 is 0 Å². The van der Waals surface area contributed by atoms with Gasteiger partial charge in [0.25, 0.3) is 5.56 Å². The fraction of sp³-hybridized carbons (Fsp3) is 0. The molecule has 0 spiro atoms. The molecule has 0 aliphatic heterocycles. The molecule has 3 N–H and O–H groups in total. The molecule has 2 aromatic heterocycles. The van der Waals surface area contributed by atoms with Crippen LogP contribution >= 0.6 is 15.9 Å². The molecular weight excluding hydrogens is 272 g/mol. The van der Waals surface area contributed by atoms with Gasteiger partial charge in [-0.3, -0.25) is 4.79 Å². The molecule has 3 rings (SSSR count). The van der Waals surface area contributed by atoms with Gasteiger partial charge in [-0.1, -0.05) is 15.9 Å². The lowest BCUT2D eigenvalue weighted by Crippen LogP contribution is -2.27. The van der Waals surface area contributed by atoms with E-state index in [1.807, 2.05) is 18.2 Å².